The van der Waals surface area contributed by atoms with Crippen LogP contribution in [0.25, 0.3) is 0 Å². The van der Waals surface area contributed by atoms with Gasteiger partial charge < -0.3 is 4.74 Å². The molecule has 88 valence electrons. The topological polar surface area (TPSA) is 9.23 Å². The Bertz CT molecular complexity index is 181. The van der Waals surface area contributed by atoms with E-state index < -0.39 is 0 Å². The summed E-state index contributed by atoms with van der Waals surface area (Å²) in [6, 6.07) is 0. The minimum atomic E-state index is 0.362. The monoisotopic (exact) mass is 228 g/mol. The quantitative estimate of drug-likeness (QED) is 0.325. The fraction of sp³-hybridized carbons (Fsp3) is 0.846. The summed E-state index contributed by atoms with van der Waals surface area (Å²) in [5.74, 6) is 0.975. The number of ether oxygens (including phenoxy) is 1. The zero-order valence-electron chi connectivity index (χ0n) is 9.87. The van der Waals surface area contributed by atoms with Crippen LogP contribution in [0.5, 0.6) is 0 Å². The highest BCUT2D eigenvalue weighted by molar-refractivity contribution is 7.80. The van der Waals surface area contributed by atoms with Gasteiger partial charge >= 0.3 is 0 Å². The maximum absolute atomic E-state index is 5.73. The van der Waals surface area contributed by atoms with Gasteiger partial charge in [-0.3, -0.25) is 0 Å². The lowest BCUT2D eigenvalue weighted by Crippen LogP contribution is -2.28. The number of rotatable bonds is 5. The Kier molecular flexibility index (Phi) is 6.42. The predicted octanol–water partition coefficient (Wildman–Crippen LogP) is 3.85. The van der Waals surface area contributed by atoms with Crippen LogP contribution in [0, 0.1) is 5.41 Å². The SMILES string of the molecule is CC=CCOCC1(CS)CCCCCC1. The Morgan fingerprint density at radius 1 is 1.20 bits per heavy atom. The third-order valence-electron chi connectivity index (χ3n) is 3.36. The van der Waals surface area contributed by atoms with Gasteiger partial charge in [0.05, 0.1) is 13.2 Å². The van der Waals surface area contributed by atoms with Gasteiger partial charge in [-0.05, 0) is 25.5 Å². The Morgan fingerprint density at radius 2 is 1.87 bits per heavy atom. The average molecular weight is 228 g/mol. The highest BCUT2D eigenvalue weighted by Crippen LogP contribution is 2.36. The maximum Gasteiger partial charge on any atom is 0.0647 e. The summed E-state index contributed by atoms with van der Waals surface area (Å²) in [6.45, 7) is 3.68. The third kappa shape index (κ3) is 4.60. The maximum atomic E-state index is 5.73. The second-order valence-corrected chi connectivity index (χ2v) is 4.97. The second kappa shape index (κ2) is 7.34. The van der Waals surface area contributed by atoms with Crippen LogP contribution in [-0.2, 0) is 4.74 Å². The largest absolute Gasteiger partial charge is 0.377 e. The van der Waals surface area contributed by atoms with E-state index in [2.05, 4.69) is 18.7 Å². The van der Waals surface area contributed by atoms with Gasteiger partial charge in [0.2, 0.25) is 0 Å². The van der Waals surface area contributed by atoms with Crippen molar-refractivity contribution < 1.29 is 4.74 Å². The highest BCUT2D eigenvalue weighted by Gasteiger charge is 2.29. The van der Waals surface area contributed by atoms with Crippen molar-refractivity contribution in [1.82, 2.24) is 0 Å². The molecule has 15 heavy (non-hydrogen) atoms. The second-order valence-electron chi connectivity index (χ2n) is 4.66. The average Bonchev–Trinajstić information content (AvgIpc) is 2.51. The fourth-order valence-corrected chi connectivity index (χ4v) is 2.67. The van der Waals surface area contributed by atoms with Crippen LogP contribution in [0.4, 0.5) is 0 Å². The van der Waals surface area contributed by atoms with Gasteiger partial charge in [0, 0.05) is 5.41 Å². The van der Waals surface area contributed by atoms with Crippen molar-refractivity contribution in [2.24, 2.45) is 5.41 Å². The molecule has 1 rings (SSSR count). The lowest BCUT2D eigenvalue weighted by molar-refractivity contribution is 0.0632. The Labute approximate surface area is 99.7 Å². The van der Waals surface area contributed by atoms with Gasteiger partial charge in [-0.1, -0.05) is 37.8 Å². The van der Waals surface area contributed by atoms with Crippen molar-refractivity contribution in [3.8, 4) is 0 Å². The number of allylic oxidation sites excluding steroid dienone is 1. The minimum Gasteiger partial charge on any atom is -0.377 e. The Hall–Kier alpha value is 0.0500. The molecule has 0 saturated heterocycles. The normalized spacial score (nSPS) is 21.7. The molecule has 1 nitrogen and oxygen atoms in total. The van der Waals surface area contributed by atoms with Crippen LogP contribution in [-0.4, -0.2) is 19.0 Å². The van der Waals surface area contributed by atoms with Crippen molar-refractivity contribution in [1.29, 1.82) is 0 Å². The van der Waals surface area contributed by atoms with Crippen LogP contribution in [0.3, 0.4) is 0 Å². The van der Waals surface area contributed by atoms with Crippen molar-refractivity contribution in [3.63, 3.8) is 0 Å². The molecule has 0 amide bonds. The predicted molar refractivity (Wildman–Crippen MR) is 69.6 cm³/mol. The van der Waals surface area contributed by atoms with Gasteiger partial charge in [-0.15, -0.1) is 0 Å². The Morgan fingerprint density at radius 3 is 2.40 bits per heavy atom. The summed E-state index contributed by atoms with van der Waals surface area (Å²) in [5.41, 5.74) is 0.362. The summed E-state index contributed by atoms with van der Waals surface area (Å²) in [5, 5.41) is 0. The number of thiol groups is 1. The molecule has 0 aromatic carbocycles. The summed E-state index contributed by atoms with van der Waals surface area (Å²) in [4.78, 5) is 0. The zero-order valence-corrected chi connectivity index (χ0v) is 10.8. The van der Waals surface area contributed by atoms with Crippen molar-refractivity contribution in [2.75, 3.05) is 19.0 Å². The molecule has 0 N–H and O–H groups in total. The third-order valence-corrected chi connectivity index (χ3v) is 4.03. The van der Waals surface area contributed by atoms with Crippen molar-refractivity contribution in [2.45, 2.75) is 45.4 Å². The molecular formula is C13H24OS. The summed E-state index contributed by atoms with van der Waals surface area (Å²) in [7, 11) is 0. The summed E-state index contributed by atoms with van der Waals surface area (Å²) in [6.07, 6.45) is 12.2. The van der Waals surface area contributed by atoms with Crippen LogP contribution < -0.4 is 0 Å². The lowest BCUT2D eigenvalue weighted by atomic mass is 9.83. The first-order valence-corrected chi connectivity index (χ1v) is 6.76. The molecule has 2 heteroatoms. The van der Waals surface area contributed by atoms with E-state index in [0.717, 1.165) is 19.0 Å². The molecular weight excluding hydrogens is 204 g/mol. The van der Waals surface area contributed by atoms with Crippen molar-refractivity contribution in [3.05, 3.63) is 12.2 Å². The zero-order chi connectivity index (χ0) is 11.0. The molecule has 0 bridgehead atoms. The molecule has 0 aliphatic heterocycles. The molecule has 0 aromatic heterocycles. The van der Waals surface area contributed by atoms with Crippen LogP contribution in [0.15, 0.2) is 12.2 Å². The van der Waals surface area contributed by atoms with Crippen LogP contribution >= 0.6 is 12.6 Å². The van der Waals surface area contributed by atoms with Crippen LogP contribution in [0.2, 0.25) is 0 Å². The first kappa shape index (κ1) is 13.1. The van der Waals surface area contributed by atoms with E-state index in [-0.39, 0.29) is 0 Å². The molecule has 0 atom stereocenters. The lowest BCUT2D eigenvalue weighted by Gasteiger charge is -2.30. The Balaban J connectivity index is 2.36. The molecule has 0 radical (unpaired) electrons. The van der Waals surface area contributed by atoms with Gasteiger partial charge in [0.15, 0.2) is 0 Å². The van der Waals surface area contributed by atoms with E-state index in [9.17, 15) is 0 Å². The minimum absolute atomic E-state index is 0.362. The van der Waals surface area contributed by atoms with Crippen molar-refractivity contribution >= 4 is 12.6 Å². The molecule has 0 spiro atoms. The molecule has 1 aliphatic carbocycles. The smallest absolute Gasteiger partial charge is 0.0647 e. The van der Waals surface area contributed by atoms with Crippen LogP contribution in [0.1, 0.15) is 45.4 Å². The van der Waals surface area contributed by atoms with E-state index in [1.165, 1.54) is 38.5 Å². The van der Waals surface area contributed by atoms with E-state index in [4.69, 9.17) is 4.74 Å². The molecule has 1 fully saturated rings. The molecule has 1 aliphatic rings. The fourth-order valence-electron chi connectivity index (χ4n) is 2.27. The summed E-state index contributed by atoms with van der Waals surface area (Å²) < 4.78 is 5.73. The van der Waals surface area contributed by atoms with E-state index >= 15 is 0 Å². The standard InChI is InChI=1S/C13H24OS/c1-2-3-10-14-11-13(12-15)8-6-4-5-7-9-13/h2-3,15H,4-12H2,1H3. The first-order chi connectivity index (χ1) is 7.33. The first-order valence-electron chi connectivity index (χ1n) is 6.13. The van der Waals surface area contributed by atoms with E-state index in [0.29, 0.717) is 5.41 Å². The van der Waals surface area contributed by atoms with Gasteiger partial charge in [0.25, 0.3) is 0 Å². The number of hydrogen-bond donors (Lipinski definition) is 1. The number of hydrogen-bond acceptors (Lipinski definition) is 2. The molecule has 0 aromatic rings. The van der Waals surface area contributed by atoms with Gasteiger partial charge in [-0.2, -0.15) is 12.6 Å². The molecule has 0 heterocycles. The van der Waals surface area contributed by atoms with E-state index in [1.54, 1.807) is 0 Å². The highest BCUT2D eigenvalue weighted by atomic mass is 32.1. The summed E-state index contributed by atoms with van der Waals surface area (Å²) >= 11 is 4.52. The molecule has 0 unspecified atom stereocenters. The van der Waals surface area contributed by atoms with Gasteiger partial charge in [0.1, 0.15) is 0 Å². The van der Waals surface area contributed by atoms with Gasteiger partial charge in [-0.25, -0.2) is 0 Å². The van der Waals surface area contributed by atoms with E-state index in [1.807, 2.05) is 13.0 Å². The molecule has 1 saturated carbocycles.